The first-order chi connectivity index (χ1) is 16.5. The standard InChI is InChI=1S/C27H25ClN2O4/c1-2-34-23-14-12-22(13-15-23)30-26(32)17-24(27(30)33)29(18-20-6-4-3-5-7-20)25(31)16-19-8-10-21(28)11-9-19/h3-15,24H,2,16-18H2,1H3. The predicted octanol–water partition coefficient (Wildman–Crippen LogP) is 4.64. The summed E-state index contributed by atoms with van der Waals surface area (Å²) in [6.07, 6.45) is 0.0380. The Morgan fingerprint density at radius 1 is 0.971 bits per heavy atom. The summed E-state index contributed by atoms with van der Waals surface area (Å²) < 4.78 is 5.45. The van der Waals surface area contributed by atoms with Crippen LogP contribution >= 0.6 is 11.6 Å². The molecule has 1 fully saturated rings. The molecule has 0 N–H and O–H groups in total. The van der Waals surface area contributed by atoms with E-state index in [0.717, 1.165) is 16.0 Å². The number of hydrogen-bond donors (Lipinski definition) is 0. The maximum Gasteiger partial charge on any atom is 0.257 e. The van der Waals surface area contributed by atoms with Crippen molar-refractivity contribution in [3.05, 3.63) is 95.0 Å². The van der Waals surface area contributed by atoms with Crippen LogP contribution in [0, 0.1) is 0 Å². The molecule has 1 unspecified atom stereocenters. The first-order valence-electron chi connectivity index (χ1n) is 11.1. The van der Waals surface area contributed by atoms with E-state index in [1.807, 2.05) is 37.3 Å². The zero-order chi connectivity index (χ0) is 24.1. The van der Waals surface area contributed by atoms with Crippen molar-refractivity contribution in [2.45, 2.75) is 32.4 Å². The van der Waals surface area contributed by atoms with Gasteiger partial charge >= 0.3 is 0 Å². The summed E-state index contributed by atoms with van der Waals surface area (Å²) in [5, 5.41) is 0.583. The van der Waals surface area contributed by atoms with Gasteiger partial charge in [-0.15, -0.1) is 0 Å². The fourth-order valence-electron chi connectivity index (χ4n) is 4.02. The summed E-state index contributed by atoms with van der Waals surface area (Å²) in [6, 6.07) is 22.4. The number of amides is 3. The first-order valence-corrected chi connectivity index (χ1v) is 11.5. The van der Waals surface area contributed by atoms with Gasteiger partial charge in [0.1, 0.15) is 11.8 Å². The van der Waals surface area contributed by atoms with Crippen molar-refractivity contribution < 1.29 is 19.1 Å². The SMILES string of the molecule is CCOc1ccc(N2C(=O)CC(N(Cc3ccccc3)C(=O)Cc3ccc(Cl)cc3)C2=O)cc1. The van der Waals surface area contributed by atoms with Gasteiger partial charge in [0.05, 0.1) is 25.1 Å². The van der Waals surface area contributed by atoms with Crippen LogP contribution in [0.1, 0.15) is 24.5 Å². The number of nitrogens with zero attached hydrogens (tertiary/aromatic N) is 2. The molecule has 7 heteroatoms. The maximum atomic E-state index is 13.4. The minimum atomic E-state index is -0.876. The van der Waals surface area contributed by atoms with Crippen LogP contribution in [0.25, 0.3) is 0 Å². The molecule has 34 heavy (non-hydrogen) atoms. The molecule has 1 aliphatic heterocycles. The Morgan fingerprint density at radius 2 is 1.65 bits per heavy atom. The van der Waals surface area contributed by atoms with Gasteiger partial charge < -0.3 is 9.64 Å². The molecule has 1 aliphatic rings. The second-order valence-electron chi connectivity index (χ2n) is 8.02. The molecular formula is C27H25ClN2O4. The van der Waals surface area contributed by atoms with Crippen molar-refractivity contribution in [3.63, 3.8) is 0 Å². The predicted molar refractivity (Wildman–Crippen MR) is 131 cm³/mol. The Morgan fingerprint density at radius 3 is 2.29 bits per heavy atom. The molecule has 1 heterocycles. The molecule has 3 amide bonds. The zero-order valence-corrected chi connectivity index (χ0v) is 19.6. The normalized spacial score (nSPS) is 15.5. The number of imide groups is 1. The van der Waals surface area contributed by atoms with Gasteiger partial charge in [-0.25, -0.2) is 4.90 Å². The van der Waals surface area contributed by atoms with Gasteiger partial charge in [-0.05, 0) is 54.4 Å². The van der Waals surface area contributed by atoms with E-state index in [4.69, 9.17) is 16.3 Å². The number of ether oxygens (including phenoxy) is 1. The van der Waals surface area contributed by atoms with E-state index in [9.17, 15) is 14.4 Å². The van der Waals surface area contributed by atoms with Crippen LogP contribution in [-0.2, 0) is 27.3 Å². The second kappa shape index (κ2) is 10.5. The van der Waals surface area contributed by atoms with Crippen LogP contribution in [0.15, 0.2) is 78.9 Å². The van der Waals surface area contributed by atoms with E-state index in [0.29, 0.717) is 23.1 Å². The topological polar surface area (TPSA) is 66.9 Å². The maximum absolute atomic E-state index is 13.4. The largest absolute Gasteiger partial charge is 0.494 e. The summed E-state index contributed by atoms with van der Waals surface area (Å²) in [5.41, 5.74) is 2.13. The monoisotopic (exact) mass is 476 g/mol. The Bertz CT molecular complexity index is 1160. The highest BCUT2D eigenvalue weighted by Gasteiger charge is 2.44. The van der Waals surface area contributed by atoms with Crippen molar-refractivity contribution in [1.29, 1.82) is 0 Å². The summed E-state index contributed by atoms with van der Waals surface area (Å²) >= 11 is 5.97. The lowest BCUT2D eigenvalue weighted by molar-refractivity contribution is -0.138. The quantitative estimate of drug-likeness (QED) is 0.444. The van der Waals surface area contributed by atoms with Crippen LogP contribution in [0.5, 0.6) is 5.75 Å². The number of hydrogen-bond acceptors (Lipinski definition) is 4. The molecule has 0 spiro atoms. The Balaban J connectivity index is 1.59. The van der Waals surface area contributed by atoms with E-state index in [-0.39, 0.29) is 31.2 Å². The molecule has 1 atom stereocenters. The van der Waals surface area contributed by atoms with E-state index >= 15 is 0 Å². The Labute approximate surface area is 203 Å². The van der Waals surface area contributed by atoms with Crippen LogP contribution in [-0.4, -0.2) is 35.3 Å². The van der Waals surface area contributed by atoms with Crippen molar-refractivity contribution in [1.82, 2.24) is 4.90 Å². The van der Waals surface area contributed by atoms with Gasteiger partial charge in [-0.3, -0.25) is 14.4 Å². The molecule has 0 saturated carbocycles. The van der Waals surface area contributed by atoms with E-state index in [1.165, 1.54) is 4.90 Å². The molecule has 3 aromatic rings. The molecule has 174 valence electrons. The van der Waals surface area contributed by atoms with Gasteiger partial charge in [0.25, 0.3) is 5.91 Å². The number of rotatable bonds is 8. The number of halogens is 1. The third-order valence-electron chi connectivity index (χ3n) is 5.69. The lowest BCUT2D eigenvalue weighted by atomic mass is 10.1. The van der Waals surface area contributed by atoms with Crippen molar-refractivity contribution >= 4 is 35.0 Å². The van der Waals surface area contributed by atoms with E-state index < -0.39 is 11.9 Å². The smallest absolute Gasteiger partial charge is 0.257 e. The van der Waals surface area contributed by atoms with Gasteiger partial charge in [0, 0.05) is 11.6 Å². The molecule has 0 bridgehead atoms. The summed E-state index contributed by atoms with van der Waals surface area (Å²) in [5.74, 6) is -0.317. The van der Waals surface area contributed by atoms with Gasteiger partial charge in [0.15, 0.2) is 0 Å². The Hall–Kier alpha value is -3.64. The lowest BCUT2D eigenvalue weighted by Gasteiger charge is -2.28. The number of carbonyl (C=O) groups is 3. The number of carbonyl (C=O) groups excluding carboxylic acids is 3. The molecule has 0 aromatic heterocycles. The van der Waals surface area contributed by atoms with Crippen LogP contribution < -0.4 is 9.64 Å². The first kappa shape index (κ1) is 23.5. The lowest BCUT2D eigenvalue weighted by Crippen LogP contribution is -2.45. The van der Waals surface area contributed by atoms with Crippen molar-refractivity contribution in [3.8, 4) is 5.75 Å². The molecule has 0 aliphatic carbocycles. The van der Waals surface area contributed by atoms with Crippen LogP contribution in [0.4, 0.5) is 5.69 Å². The fraction of sp³-hybridized carbons (Fsp3) is 0.222. The molecule has 1 saturated heterocycles. The molecular weight excluding hydrogens is 452 g/mol. The van der Waals surface area contributed by atoms with Crippen LogP contribution in [0.3, 0.4) is 0 Å². The average molecular weight is 477 g/mol. The van der Waals surface area contributed by atoms with Crippen LogP contribution in [0.2, 0.25) is 5.02 Å². The minimum absolute atomic E-state index is 0.0642. The molecule has 0 radical (unpaired) electrons. The minimum Gasteiger partial charge on any atom is -0.494 e. The highest BCUT2D eigenvalue weighted by Crippen LogP contribution is 2.29. The molecule has 6 nitrogen and oxygen atoms in total. The van der Waals surface area contributed by atoms with Gasteiger partial charge in [0.2, 0.25) is 11.8 Å². The third-order valence-corrected chi connectivity index (χ3v) is 5.94. The fourth-order valence-corrected chi connectivity index (χ4v) is 4.15. The third kappa shape index (κ3) is 5.29. The van der Waals surface area contributed by atoms with Gasteiger partial charge in [-0.1, -0.05) is 54.1 Å². The zero-order valence-electron chi connectivity index (χ0n) is 18.8. The average Bonchev–Trinajstić information content (AvgIpc) is 3.14. The molecule has 4 rings (SSSR count). The van der Waals surface area contributed by atoms with Gasteiger partial charge in [-0.2, -0.15) is 0 Å². The Kier molecular flexibility index (Phi) is 7.28. The second-order valence-corrected chi connectivity index (χ2v) is 8.46. The molecule has 3 aromatic carbocycles. The van der Waals surface area contributed by atoms with Crippen molar-refractivity contribution in [2.75, 3.05) is 11.5 Å². The van der Waals surface area contributed by atoms with E-state index in [2.05, 4.69) is 0 Å². The highest BCUT2D eigenvalue weighted by atomic mass is 35.5. The van der Waals surface area contributed by atoms with Crippen molar-refractivity contribution in [2.24, 2.45) is 0 Å². The number of anilines is 1. The summed E-state index contributed by atoms with van der Waals surface area (Å²) in [6.45, 7) is 2.63. The highest BCUT2D eigenvalue weighted by molar-refractivity contribution is 6.30. The van der Waals surface area contributed by atoms with E-state index in [1.54, 1.807) is 48.5 Å². The summed E-state index contributed by atoms with van der Waals surface area (Å²) in [4.78, 5) is 42.4. The number of benzene rings is 3. The summed E-state index contributed by atoms with van der Waals surface area (Å²) in [7, 11) is 0.